The van der Waals surface area contributed by atoms with E-state index in [-0.39, 0.29) is 11.8 Å². The molecule has 2 amide bonds. The third-order valence-electron chi connectivity index (χ3n) is 5.04. The maximum atomic E-state index is 12.9. The first-order valence-electron chi connectivity index (χ1n) is 8.90. The van der Waals surface area contributed by atoms with Gasteiger partial charge in [0.1, 0.15) is 11.7 Å². The molecular weight excluding hydrogens is 330 g/mol. The minimum atomic E-state index is -0.557. The standard InChI is InChI=1S/C19H21N5O2/c25-18(16-6-9-24(19(16)26)15-4-2-1-3-5-15)23-12-10-22(11-13-23)17-14-20-7-8-21-17/h1-5,7-8,14,16H,6,9-13H2/t16-/m1/s1. The Bertz CT molecular complexity index is 775. The van der Waals surface area contributed by atoms with Crippen molar-refractivity contribution in [2.75, 3.05) is 42.5 Å². The summed E-state index contributed by atoms with van der Waals surface area (Å²) >= 11 is 0. The molecular formula is C19H21N5O2. The molecule has 1 aromatic heterocycles. The average molecular weight is 351 g/mol. The van der Waals surface area contributed by atoms with Gasteiger partial charge in [0.25, 0.3) is 0 Å². The quantitative estimate of drug-likeness (QED) is 0.777. The minimum Gasteiger partial charge on any atom is -0.352 e. The average Bonchev–Trinajstić information content (AvgIpc) is 3.10. The zero-order chi connectivity index (χ0) is 17.9. The fourth-order valence-electron chi connectivity index (χ4n) is 3.60. The molecule has 26 heavy (non-hydrogen) atoms. The Morgan fingerprint density at radius 2 is 1.77 bits per heavy atom. The Morgan fingerprint density at radius 1 is 1.00 bits per heavy atom. The van der Waals surface area contributed by atoms with E-state index in [9.17, 15) is 9.59 Å². The molecule has 4 rings (SSSR count). The van der Waals surface area contributed by atoms with Gasteiger partial charge in [-0.15, -0.1) is 0 Å². The lowest BCUT2D eigenvalue weighted by Gasteiger charge is -2.36. The number of anilines is 2. The van der Waals surface area contributed by atoms with Crippen LogP contribution < -0.4 is 9.80 Å². The van der Waals surface area contributed by atoms with E-state index >= 15 is 0 Å². The topological polar surface area (TPSA) is 69.6 Å². The highest BCUT2D eigenvalue weighted by molar-refractivity contribution is 6.09. The Labute approximate surface area is 152 Å². The van der Waals surface area contributed by atoms with Gasteiger partial charge in [-0.25, -0.2) is 4.98 Å². The van der Waals surface area contributed by atoms with Crippen LogP contribution in [-0.4, -0.2) is 59.4 Å². The van der Waals surface area contributed by atoms with Crippen molar-refractivity contribution >= 4 is 23.3 Å². The van der Waals surface area contributed by atoms with Crippen molar-refractivity contribution in [1.29, 1.82) is 0 Å². The molecule has 1 atom stereocenters. The predicted molar refractivity (Wildman–Crippen MR) is 97.7 cm³/mol. The van der Waals surface area contributed by atoms with Crippen LogP contribution in [0.5, 0.6) is 0 Å². The van der Waals surface area contributed by atoms with Gasteiger partial charge in [-0.1, -0.05) is 18.2 Å². The van der Waals surface area contributed by atoms with Crippen LogP contribution in [0.15, 0.2) is 48.9 Å². The lowest BCUT2D eigenvalue weighted by Crippen LogP contribution is -2.51. The minimum absolute atomic E-state index is 0.0489. The van der Waals surface area contributed by atoms with Crippen molar-refractivity contribution < 1.29 is 9.59 Å². The molecule has 0 N–H and O–H groups in total. The van der Waals surface area contributed by atoms with E-state index in [0.717, 1.165) is 11.5 Å². The fraction of sp³-hybridized carbons (Fsp3) is 0.368. The molecule has 2 aliphatic heterocycles. The van der Waals surface area contributed by atoms with Gasteiger partial charge >= 0.3 is 0 Å². The van der Waals surface area contributed by atoms with E-state index in [1.807, 2.05) is 35.2 Å². The highest BCUT2D eigenvalue weighted by Gasteiger charge is 2.40. The van der Waals surface area contributed by atoms with Crippen LogP contribution in [0.2, 0.25) is 0 Å². The third kappa shape index (κ3) is 3.12. The second-order valence-electron chi connectivity index (χ2n) is 6.54. The summed E-state index contributed by atoms with van der Waals surface area (Å²) in [5, 5.41) is 0. The van der Waals surface area contributed by atoms with E-state index in [0.29, 0.717) is 39.1 Å². The number of piperazine rings is 1. The largest absolute Gasteiger partial charge is 0.352 e. The van der Waals surface area contributed by atoms with Crippen LogP contribution in [0.4, 0.5) is 11.5 Å². The number of carbonyl (C=O) groups is 2. The van der Waals surface area contributed by atoms with Crippen LogP contribution in [0.1, 0.15) is 6.42 Å². The molecule has 7 nitrogen and oxygen atoms in total. The maximum absolute atomic E-state index is 12.9. The number of para-hydroxylation sites is 1. The van der Waals surface area contributed by atoms with Crippen molar-refractivity contribution in [3.05, 3.63) is 48.9 Å². The van der Waals surface area contributed by atoms with Crippen molar-refractivity contribution in [2.45, 2.75) is 6.42 Å². The van der Waals surface area contributed by atoms with Crippen LogP contribution in [0.25, 0.3) is 0 Å². The number of amides is 2. The van der Waals surface area contributed by atoms with E-state index < -0.39 is 5.92 Å². The van der Waals surface area contributed by atoms with Gasteiger partial charge in [0.2, 0.25) is 11.8 Å². The molecule has 134 valence electrons. The number of carbonyl (C=O) groups excluding carboxylic acids is 2. The van der Waals surface area contributed by atoms with Crippen molar-refractivity contribution in [3.8, 4) is 0 Å². The van der Waals surface area contributed by atoms with Gasteiger partial charge in [-0.05, 0) is 18.6 Å². The summed E-state index contributed by atoms with van der Waals surface area (Å²) in [6.07, 6.45) is 5.63. The molecule has 2 saturated heterocycles. The summed E-state index contributed by atoms with van der Waals surface area (Å²) in [5.74, 6) is 0.134. The van der Waals surface area contributed by atoms with Gasteiger partial charge in [-0.2, -0.15) is 0 Å². The molecule has 0 spiro atoms. The first kappa shape index (κ1) is 16.5. The highest BCUT2D eigenvalue weighted by Crippen LogP contribution is 2.26. The Hall–Kier alpha value is -2.96. The molecule has 0 saturated carbocycles. The second kappa shape index (κ2) is 7.11. The SMILES string of the molecule is O=C([C@H]1CCN(c2ccccc2)C1=O)N1CCN(c2cnccn2)CC1. The molecule has 3 heterocycles. The lowest BCUT2D eigenvalue weighted by molar-refractivity contribution is -0.140. The summed E-state index contributed by atoms with van der Waals surface area (Å²) in [4.78, 5) is 39.6. The predicted octanol–water partition coefficient (Wildman–Crippen LogP) is 1.18. The number of benzene rings is 1. The maximum Gasteiger partial charge on any atom is 0.239 e. The Balaban J connectivity index is 1.38. The number of hydrogen-bond donors (Lipinski definition) is 0. The number of rotatable bonds is 3. The first-order chi connectivity index (χ1) is 12.7. The number of hydrogen-bond acceptors (Lipinski definition) is 5. The number of aromatic nitrogens is 2. The van der Waals surface area contributed by atoms with Crippen molar-refractivity contribution in [1.82, 2.24) is 14.9 Å². The summed E-state index contributed by atoms with van der Waals surface area (Å²) in [6.45, 7) is 3.20. The molecule has 0 aliphatic carbocycles. The molecule has 2 aliphatic rings. The molecule has 7 heteroatoms. The molecule has 0 bridgehead atoms. The van der Waals surface area contributed by atoms with Crippen molar-refractivity contribution in [3.63, 3.8) is 0 Å². The third-order valence-corrected chi connectivity index (χ3v) is 5.04. The van der Waals surface area contributed by atoms with Gasteiger partial charge < -0.3 is 14.7 Å². The van der Waals surface area contributed by atoms with Crippen LogP contribution in [0.3, 0.4) is 0 Å². The Morgan fingerprint density at radius 3 is 2.46 bits per heavy atom. The van der Waals surface area contributed by atoms with Crippen LogP contribution in [-0.2, 0) is 9.59 Å². The van der Waals surface area contributed by atoms with Crippen molar-refractivity contribution in [2.24, 2.45) is 5.92 Å². The van der Waals surface area contributed by atoms with E-state index in [4.69, 9.17) is 0 Å². The van der Waals surface area contributed by atoms with Gasteiger partial charge in [0.05, 0.1) is 6.20 Å². The molecule has 2 aromatic rings. The second-order valence-corrected chi connectivity index (χ2v) is 6.54. The van der Waals surface area contributed by atoms with Gasteiger partial charge in [0.15, 0.2) is 0 Å². The van der Waals surface area contributed by atoms with E-state index in [2.05, 4.69) is 14.9 Å². The summed E-state index contributed by atoms with van der Waals surface area (Å²) < 4.78 is 0. The molecule has 1 aromatic carbocycles. The zero-order valence-corrected chi connectivity index (χ0v) is 14.5. The number of nitrogens with zero attached hydrogens (tertiary/aromatic N) is 5. The van der Waals surface area contributed by atoms with E-state index in [1.165, 1.54) is 0 Å². The van der Waals surface area contributed by atoms with Crippen LogP contribution >= 0.6 is 0 Å². The van der Waals surface area contributed by atoms with E-state index in [1.54, 1.807) is 23.5 Å². The summed E-state index contributed by atoms with van der Waals surface area (Å²) in [7, 11) is 0. The molecule has 0 radical (unpaired) electrons. The lowest BCUT2D eigenvalue weighted by atomic mass is 10.1. The zero-order valence-electron chi connectivity index (χ0n) is 14.5. The Kier molecular flexibility index (Phi) is 4.51. The van der Waals surface area contributed by atoms with Gasteiger partial charge in [-0.3, -0.25) is 14.6 Å². The molecule has 0 unspecified atom stereocenters. The monoisotopic (exact) mass is 351 g/mol. The summed E-state index contributed by atoms with van der Waals surface area (Å²) in [6, 6.07) is 9.55. The highest BCUT2D eigenvalue weighted by atomic mass is 16.2. The fourth-order valence-corrected chi connectivity index (χ4v) is 3.60. The molecule has 2 fully saturated rings. The summed E-state index contributed by atoms with van der Waals surface area (Å²) in [5.41, 5.74) is 0.861. The normalized spacial score (nSPS) is 20.5. The van der Waals surface area contributed by atoms with Gasteiger partial charge in [0, 0.05) is 50.8 Å². The smallest absolute Gasteiger partial charge is 0.239 e. The van der Waals surface area contributed by atoms with Crippen LogP contribution in [0, 0.1) is 5.92 Å². The first-order valence-corrected chi connectivity index (χ1v) is 8.90.